The summed E-state index contributed by atoms with van der Waals surface area (Å²) >= 11 is 3.42. The van der Waals surface area contributed by atoms with Crippen molar-refractivity contribution in [3.05, 3.63) is 23.1 Å². The van der Waals surface area contributed by atoms with Gasteiger partial charge in [-0.1, -0.05) is 0 Å². The molecule has 0 aliphatic carbocycles. The lowest BCUT2D eigenvalue weighted by Crippen LogP contribution is -2.36. The van der Waals surface area contributed by atoms with Gasteiger partial charge < -0.3 is 20.1 Å². The fourth-order valence-electron chi connectivity index (χ4n) is 2.91. The topological polar surface area (TPSA) is 100 Å². The van der Waals surface area contributed by atoms with Gasteiger partial charge in [0.25, 0.3) is 0 Å². The van der Waals surface area contributed by atoms with E-state index < -0.39 is 5.60 Å². The number of anilines is 1. The number of ether oxygens (including phenoxy) is 1. The van der Waals surface area contributed by atoms with E-state index in [9.17, 15) is 9.90 Å². The molecule has 140 valence electrons. The number of pyridine rings is 1. The van der Waals surface area contributed by atoms with Gasteiger partial charge in [-0.05, 0) is 36.7 Å². The van der Waals surface area contributed by atoms with E-state index in [1.165, 1.54) is 0 Å². The molecule has 1 fully saturated rings. The van der Waals surface area contributed by atoms with Crippen LogP contribution < -0.4 is 5.32 Å². The first kappa shape index (κ1) is 18.8. The van der Waals surface area contributed by atoms with Crippen LogP contribution in [-0.4, -0.2) is 62.4 Å². The maximum Gasteiger partial charge on any atom is 0.410 e. The number of aromatic nitrogens is 3. The molecule has 9 heteroatoms. The summed E-state index contributed by atoms with van der Waals surface area (Å²) in [6.45, 7) is 6.28. The molecule has 2 N–H and O–H groups in total. The van der Waals surface area contributed by atoms with Crippen molar-refractivity contribution >= 4 is 38.9 Å². The van der Waals surface area contributed by atoms with E-state index in [1.54, 1.807) is 23.5 Å². The molecule has 2 aromatic rings. The van der Waals surface area contributed by atoms with Crippen LogP contribution in [-0.2, 0) is 4.74 Å². The Morgan fingerprint density at radius 2 is 2.00 bits per heavy atom. The number of carbonyl (C=O) groups is 1. The normalized spacial score (nSPS) is 20.4. The number of nitrogens with zero attached hydrogens (tertiary/aromatic N) is 4. The highest BCUT2D eigenvalue weighted by atomic mass is 79.9. The number of amides is 1. The van der Waals surface area contributed by atoms with Gasteiger partial charge in [-0.3, -0.25) is 4.98 Å². The van der Waals surface area contributed by atoms with Crippen molar-refractivity contribution in [2.75, 3.05) is 25.0 Å². The van der Waals surface area contributed by atoms with Crippen LogP contribution in [0.2, 0.25) is 0 Å². The standard InChI is InChI=1S/C17H22BrN5O3/c1-17(2,3)26-16(25)23-7-10(9-24)12(8-23)22-15-14-13(11(18)6-21-15)19-4-5-20-14/h4-6,10,12,24H,7-9H2,1-3H3,(H,21,22)/t10-,12+/m0/s1. The lowest BCUT2D eigenvalue weighted by Gasteiger charge is -2.24. The summed E-state index contributed by atoms with van der Waals surface area (Å²) < 4.78 is 6.19. The van der Waals surface area contributed by atoms with Crippen LogP contribution in [0.15, 0.2) is 23.1 Å². The predicted molar refractivity (Wildman–Crippen MR) is 101 cm³/mol. The molecule has 2 aromatic heterocycles. The van der Waals surface area contributed by atoms with Crippen LogP contribution in [0.1, 0.15) is 20.8 Å². The smallest absolute Gasteiger partial charge is 0.410 e. The predicted octanol–water partition coefficient (Wildman–Crippen LogP) is 2.43. The van der Waals surface area contributed by atoms with Crippen LogP contribution in [0.5, 0.6) is 0 Å². The van der Waals surface area contributed by atoms with E-state index in [0.717, 1.165) is 4.47 Å². The van der Waals surface area contributed by atoms with Gasteiger partial charge in [-0.15, -0.1) is 0 Å². The summed E-state index contributed by atoms with van der Waals surface area (Å²) in [4.78, 5) is 27.0. The number of nitrogens with one attached hydrogen (secondary N) is 1. The summed E-state index contributed by atoms with van der Waals surface area (Å²) in [5.74, 6) is 0.450. The lowest BCUT2D eigenvalue weighted by molar-refractivity contribution is 0.0283. The molecule has 8 nitrogen and oxygen atoms in total. The Morgan fingerprint density at radius 1 is 1.31 bits per heavy atom. The molecule has 1 saturated heterocycles. The number of rotatable bonds is 3. The fourth-order valence-corrected chi connectivity index (χ4v) is 3.30. The van der Waals surface area contributed by atoms with Gasteiger partial charge in [0.15, 0.2) is 5.82 Å². The van der Waals surface area contributed by atoms with E-state index in [0.29, 0.717) is 29.9 Å². The minimum Gasteiger partial charge on any atom is -0.444 e. The molecule has 1 amide bonds. The molecule has 0 saturated carbocycles. The third kappa shape index (κ3) is 4.04. The maximum absolute atomic E-state index is 12.3. The van der Waals surface area contributed by atoms with Crippen molar-refractivity contribution in [2.24, 2.45) is 5.92 Å². The zero-order chi connectivity index (χ0) is 18.9. The van der Waals surface area contributed by atoms with Crippen LogP contribution in [0.25, 0.3) is 11.0 Å². The number of carbonyl (C=O) groups excluding carboxylic acids is 1. The first-order valence-electron chi connectivity index (χ1n) is 8.39. The largest absolute Gasteiger partial charge is 0.444 e. The van der Waals surface area contributed by atoms with E-state index in [-0.39, 0.29) is 24.7 Å². The van der Waals surface area contributed by atoms with Crippen molar-refractivity contribution in [3.63, 3.8) is 0 Å². The van der Waals surface area contributed by atoms with Crippen molar-refractivity contribution in [1.82, 2.24) is 19.9 Å². The Labute approximate surface area is 160 Å². The summed E-state index contributed by atoms with van der Waals surface area (Å²) in [5, 5.41) is 13.0. The molecule has 26 heavy (non-hydrogen) atoms. The number of hydrogen-bond donors (Lipinski definition) is 2. The van der Waals surface area contributed by atoms with Crippen molar-refractivity contribution in [2.45, 2.75) is 32.4 Å². The third-order valence-corrected chi connectivity index (χ3v) is 4.69. The highest BCUT2D eigenvalue weighted by molar-refractivity contribution is 9.10. The number of aliphatic hydroxyl groups is 1. The second-order valence-electron chi connectivity index (χ2n) is 7.29. The van der Waals surface area contributed by atoms with Gasteiger partial charge in [-0.2, -0.15) is 0 Å². The van der Waals surface area contributed by atoms with Gasteiger partial charge in [0.05, 0.1) is 10.5 Å². The SMILES string of the molecule is CC(C)(C)OC(=O)N1C[C@@H](CO)[C@H](Nc2ncc(Br)c3nccnc23)C1. The van der Waals surface area contributed by atoms with Crippen LogP contribution in [0.4, 0.5) is 10.6 Å². The molecule has 0 spiro atoms. The van der Waals surface area contributed by atoms with Gasteiger partial charge >= 0.3 is 6.09 Å². The molecule has 0 aromatic carbocycles. The minimum absolute atomic E-state index is 0.0445. The molecule has 3 heterocycles. The van der Waals surface area contributed by atoms with Gasteiger partial charge in [0, 0.05) is 44.2 Å². The van der Waals surface area contributed by atoms with Crippen molar-refractivity contribution in [1.29, 1.82) is 0 Å². The monoisotopic (exact) mass is 423 g/mol. The quantitative estimate of drug-likeness (QED) is 0.781. The Morgan fingerprint density at radius 3 is 2.65 bits per heavy atom. The Kier molecular flexibility index (Phi) is 5.29. The number of likely N-dealkylation sites (tertiary alicyclic amines) is 1. The molecule has 3 rings (SSSR count). The number of halogens is 1. The number of hydrogen-bond acceptors (Lipinski definition) is 7. The molecular weight excluding hydrogens is 402 g/mol. The highest BCUT2D eigenvalue weighted by Gasteiger charge is 2.37. The second-order valence-corrected chi connectivity index (χ2v) is 8.14. The zero-order valence-corrected chi connectivity index (χ0v) is 16.5. The highest BCUT2D eigenvalue weighted by Crippen LogP contribution is 2.28. The molecule has 1 aliphatic rings. The molecular formula is C17H22BrN5O3. The maximum atomic E-state index is 12.3. The average molecular weight is 424 g/mol. The van der Waals surface area contributed by atoms with Crippen molar-refractivity contribution < 1.29 is 14.6 Å². The lowest BCUT2D eigenvalue weighted by atomic mass is 10.1. The molecule has 0 radical (unpaired) electrons. The molecule has 2 atom stereocenters. The van der Waals surface area contributed by atoms with E-state index >= 15 is 0 Å². The zero-order valence-electron chi connectivity index (χ0n) is 14.9. The van der Waals surface area contributed by atoms with Gasteiger partial charge in [0.1, 0.15) is 16.6 Å². The summed E-state index contributed by atoms with van der Waals surface area (Å²) in [6, 6.07) is -0.161. The average Bonchev–Trinajstić information content (AvgIpc) is 2.99. The first-order chi connectivity index (χ1) is 12.3. The Hall–Kier alpha value is -2.00. The van der Waals surface area contributed by atoms with E-state index in [2.05, 4.69) is 36.2 Å². The Bertz CT molecular complexity index is 811. The minimum atomic E-state index is -0.559. The molecule has 1 aliphatic heterocycles. The van der Waals surface area contributed by atoms with E-state index in [1.807, 2.05) is 20.8 Å². The molecule has 0 unspecified atom stereocenters. The summed E-state index contributed by atoms with van der Waals surface area (Å²) in [5.41, 5.74) is 0.776. The fraction of sp³-hybridized carbons (Fsp3) is 0.529. The summed E-state index contributed by atoms with van der Waals surface area (Å²) in [7, 11) is 0. The Balaban J connectivity index is 1.79. The van der Waals surface area contributed by atoms with E-state index in [4.69, 9.17) is 4.74 Å². The number of fused-ring (bicyclic) bond motifs is 1. The first-order valence-corrected chi connectivity index (χ1v) is 9.18. The van der Waals surface area contributed by atoms with Crippen LogP contribution >= 0.6 is 15.9 Å². The third-order valence-electron chi connectivity index (χ3n) is 4.11. The molecule has 0 bridgehead atoms. The van der Waals surface area contributed by atoms with Crippen LogP contribution in [0, 0.1) is 5.92 Å². The summed E-state index contributed by atoms with van der Waals surface area (Å²) in [6.07, 6.45) is 4.50. The van der Waals surface area contributed by atoms with Gasteiger partial charge in [0.2, 0.25) is 0 Å². The number of aliphatic hydroxyl groups excluding tert-OH is 1. The van der Waals surface area contributed by atoms with Crippen LogP contribution in [0.3, 0.4) is 0 Å². The van der Waals surface area contributed by atoms with Crippen molar-refractivity contribution in [3.8, 4) is 0 Å². The van der Waals surface area contributed by atoms with Gasteiger partial charge in [-0.25, -0.2) is 14.8 Å². The second kappa shape index (κ2) is 7.32.